The largest absolute Gasteiger partial charge is 0.741 e. The summed E-state index contributed by atoms with van der Waals surface area (Å²) in [7, 11) is -6.09. The van der Waals surface area contributed by atoms with Gasteiger partial charge in [0.2, 0.25) is 0 Å². The van der Waals surface area contributed by atoms with Crippen molar-refractivity contribution in [3.63, 3.8) is 0 Å². The fourth-order valence-corrected chi connectivity index (χ4v) is 2.53. The molecule has 0 aromatic rings. The maximum Gasteiger partial charge on any atom is 0.485 e. The molecule has 1 N–H and O–H groups in total. The van der Waals surface area contributed by atoms with Crippen LogP contribution in [0.3, 0.4) is 0 Å². The Labute approximate surface area is 155 Å². The second kappa shape index (κ2) is 13.3. The number of nitrogens with one attached hydrogen (secondary N) is 1. The topological polar surface area (TPSA) is 61.6 Å². The molecular weight excluding hydrogens is 367 g/mol. The monoisotopic (exact) mass is 399 g/mol. The van der Waals surface area contributed by atoms with Crippen LogP contribution in [-0.4, -0.2) is 25.0 Å². The van der Waals surface area contributed by atoms with Crippen LogP contribution < -0.4 is 4.90 Å². The lowest BCUT2D eigenvalue weighted by molar-refractivity contribution is -0.788. The molecule has 0 saturated carbocycles. The van der Waals surface area contributed by atoms with Gasteiger partial charge in [0.1, 0.15) is 6.20 Å². The van der Waals surface area contributed by atoms with Crippen LogP contribution in [0.5, 0.6) is 0 Å². The Bertz CT molecular complexity index is 528. The Morgan fingerprint density at radius 1 is 0.962 bits per heavy atom. The molecule has 0 amide bonds. The average molecular weight is 400 g/mol. The summed E-state index contributed by atoms with van der Waals surface area (Å²) >= 11 is 0. The van der Waals surface area contributed by atoms with E-state index in [-0.39, 0.29) is 0 Å². The Kier molecular flexibility index (Phi) is 12.9. The van der Waals surface area contributed by atoms with Crippen molar-refractivity contribution >= 4 is 10.1 Å². The third-order valence-corrected chi connectivity index (χ3v) is 4.62. The molecule has 26 heavy (non-hydrogen) atoms. The van der Waals surface area contributed by atoms with Gasteiger partial charge in [-0.1, -0.05) is 52.4 Å². The van der Waals surface area contributed by atoms with E-state index in [1.807, 2.05) is 0 Å². The van der Waals surface area contributed by atoms with Crippen molar-refractivity contribution in [2.45, 2.75) is 83.6 Å². The lowest BCUT2D eigenvalue weighted by Gasteiger charge is -2.08. The zero-order valence-corrected chi connectivity index (χ0v) is 16.6. The van der Waals surface area contributed by atoms with Gasteiger partial charge in [-0.15, -0.1) is 0 Å². The summed E-state index contributed by atoms with van der Waals surface area (Å²) in [6, 6.07) is 0. The summed E-state index contributed by atoms with van der Waals surface area (Å²) in [6.45, 7) is 5.84. The molecule has 4 nitrogen and oxygen atoms in total. The fourth-order valence-electron chi connectivity index (χ4n) is 2.53. The predicted molar refractivity (Wildman–Crippen MR) is 96.3 cm³/mol. The second-order valence-corrected chi connectivity index (χ2v) is 7.87. The number of hydrogen-bond donors (Lipinski definition) is 1. The molecule has 154 valence electrons. The van der Waals surface area contributed by atoms with Gasteiger partial charge >= 0.3 is 5.51 Å². The van der Waals surface area contributed by atoms with Crippen molar-refractivity contribution in [3.05, 3.63) is 24.0 Å². The highest BCUT2D eigenvalue weighted by atomic mass is 32.2. The summed E-state index contributed by atoms with van der Waals surface area (Å²) in [5.41, 5.74) is -4.10. The zero-order chi connectivity index (χ0) is 20.1. The predicted octanol–water partition coefficient (Wildman–Crippen LogP) is 4.27. The van der Waals surface area contributed by atoms with Gasteiger partial charge in [-0.3, -0.25) is 4.90 Å². The second-order valence-electron chi connectivity index (χ2n) is 6.50. The van der Waals surface area contributed by atoms with Crippen molar-refractivity contribution < 1.29 is 31.0 Å². The number of halogens is 3. The van der Waals surface area contributed by atoms with E-state index in [2.05, 4.69) is 32.3 Å². The molecule has 8 heteroatoms. The number of allylic oxidation sites excluding steroid dienone is 2. The van der Waals surface area contributed by atoms with Gasteiger partial charge in [0.25, 0.3) is 0 Å². The van der Waals surface area contributed by atoms with Crippen LogP contribution in [0.2, 0.25) is 0 Å². The number of quaternary nitrogens is 1. The molecule has 1 heterocycles. The molecule has 1 aliphatic heterocycles. The van der Waals surface area contributed by atoms with Crippen molar-refractivity contribution in [2.24, 2.45) is 0 Å². The van der Waals surface area contributed by atoms with Gasteiger partial charge < -0.3 is 4.55 Å². The maximum absolute atomic E-state index is 10.7. The SMILES string of the molecule is CCCCCCCCC[NH+]1C=CC(CCCC)=C1.O=S(=O)([O-])C(F)(F)F. The van der Waals surface area contributed by atoms with E-state index in [9.17, 15) is 13.2 Å². The molecule has 0 aromatic carbocycles. The first kappa shape index (κ1) is 25.1. The van der Waals surface area contributed by atoms with Crippen LogP contribution in [0.1, 0.15) is 78.1 Å². The summed E-state index contributed by atoms with van der Waals surface area (Å²) in [6.07, 6.45) is 20.9. The molecule has 1 aliphatic rings. The highest BCUT2D eigenvalue weighted by molar-refractivity contribution is 7.86. The first-order valence-corrected chi connectivity index (χ1v) is 10.8. The van der Waals surface area contributed by atoms with E-state index >= 15 is 0 Å². The quantitative estimate of drug-likeness (QED) is 0.321. The minimum Gasteiger partial charge on any atom is -0.741 e. The van der Waals surface area contributed by atoms with Gasteiger partial charge in [-0.25, -0.2) is 8.42 Å². The number of alkyl halides is 3. The standard InChI is InChI=1S/C17H31N.CHF3O3S/c1-3-5-7-8-9-10-11-14-18-15-13-17(16-18)12-6-4-2;2-1(3,4)8(5,6)7/h13,15-16H,3-12,14H2,1-2H3;(H,5,6,7). The smallest absolute Gasteiger partial charge is 0.485 e. The molecule has 0 aromatic heterocycles. The molecule has 0 radical (unpaired) electrons. The summed E-state index contributed by atoms with van der Waals surface area (Å²) in [5, 5.41) is 0. The summed E-state index contributed by atoms with van der Waals surface area (Å²) in [4.78, 5) is 1.56. The molecule has 0 aliphatic carbocycles. The molecule has 1 rings (SSSR count). The molecule has 1 unspecified atom stereocenters. The van der Waals surface area contributed by atoms with Crippen LogP contribution in [0.15, 0.2) is 24.0 Å². The number of rotatable bonds is 11. The minimum absolute atomic E-state index is 1.27. The number of unbranched alkanes of at least 4 members (excludes halogenated alkanes) is 7. The van der Waals surface area contributed by atoms with Gasteiger partial charge in [0.05, 0.1) is 12.7 Å². The van der Waals surface area contributed by atoms with E-state index in [0.717, 1.165) is 0 Å². The van der Waals surface area contributed by atoms with Crippen molar-refractivity contribution in [2.75, 3.05) is 6.54 Å². The first-order valence-electron chi connectivity index (χ1n) is 9.38. The first-order chi connectivity index (χ1) is 12.1. The normalized spacial score (nSPS) is 17.0. The highest BCUT2D eigenvalue weighted by Gasteiger charge is 2.36. The lowest BCUT2D eigenvalue weighted by Crippen LogP contribution is -3.01. The Morgan fingerprint density at radius 3 is 1.96 bits per heavy atom. The molecule has 0 bridgehead atoms. The van der Waals surface area contributed by atoms with E-state index in [1.165, 1.54) is 70.8 Å². The highest BCUT2D eigenvalue weighted by Crippen LogP contribution is 2.20. The molecule has 0 saturated heterocycles. The molecule has 0 fully saturated rings. The van der Waals surface area contributed by atoms with Gasteiger partial charge in [0.15, 0.2) is 10.1 Å². The minimum atomic E-state index is -6.09. The van der Waals surface area contributed by atoms with Crippen molar-refractivity contribution in [1.29, 1.82) is 0 Å². The van der Waals surface area contributed by atoms with Gasteiger partial charge in [0, 0.05) is 11.6 Å². The third-order valence-electron chi connectivity index (χ3n) is 4.05. The average Bonchev–Trinajstić information content (AvgIpc) is 2.98. The van der Waals surface area contributed by atoms with Crippen LogP contribution in [0.4, 0.5) is 13.2 Å². The Balaban J connectivity index is 0.000000660. The van der Waals surface area contributed by atoms with Crippen LogP contribution in [-0.2, 0) is 10.1 Å². The van der Waals surface area contributed by atoms with Crippen LogP contribution >= 0.6 is 0 Å². The van der Waals surface area contributed by atoms with Gasteiger partial charge in [-0.2, -0.15) is 13.2 Å². The van der Waals surface area contributed by atoms with E-state index < -0.39 is 15.6 Å². The van der Waals surface area contributed by atoms with Gasteiger partial charge in [-0.05, 0) is 25.7 Å². The maximum atomic E-state index is 10.7. The van der Waals surface area contributed by atoms with Crippen LogP contribution in [0.25, 0.3) is 0 Å². The summed E-state index contributed by atoms with van der Waals surface area (Å²) in [5.74, 6) is 0. The van der Waals surface area contributed by atoms with Crippen molar-refractivity contribution in [3.8, 4) is 0 Å². The molecule has 0 spiro atoms. The lowest BCUT2D eigenvalue weighted by atomic mass is 10.1. The zero-order valence-electron chi connectivity index (χ0n) is 15.8. The molecule has 1 atom stereocenters. The van der Waals surface area contributed by atoms with E-state index in [1.54, 1.807) is 10.5 Å². The Hall–Kier alpha value is -0.860. The molecular formula is C18H32F3NO3S. The Morgan fingerprint density at radius 2 is 1.46 bits per heavy atom. The summed E-state index contributed by atoms with van der Waals surface area (Å²) < 4.78 is 58.9. The fraction of sp³-hybridized carbons (Fsp3) is 0.778. The third kappa shape index (κ3) is 12.5. The van der Waals surface area contributed by atoms with Crippen molar-refractivity contribution in [1.82, 2.24) is 0 Å². The van der Waals surface area contributed by atoms with E-state index in [4.69, 9.17) is 13.0 Å². The van der Waals surface area contributed by atoms with E-state index in [0.29, 0.717) is 0 Å². The number of hydrogen-bond acceptors (Lipinski definition) is 3. The van der Waals surface area contributed by atoms with Crippen LogP contribution in [0, 0.1) is 0 Å².